The van der Waals surface area contributed by atoms with Crippen LogP contribution in [0.15, 0.2) is 30.3 Å². The molecule has 0 aliphatic rings. The van der Waals surface area contributed by atoms with Gasteiger partial charge in [-0.05, 0) is 44.3 Å². The Morgan fingerprint density at radius 2 is 1.67 bits per heavy atom. The summed E-state index contributed by atoms with van der Waals surface area (Å²) in [6.07, 6.45) is 4.99. The molecule has 0 bridgehead atoms. The van der Waals surface area contributed by atoms with Crippen molar-refractivity contribution in [3.63, 3.8) is 0 Å². The van der Waals surface area contributed by atoms with E-state index in [1.54, 1.807) is 0 Å². The van der Waals surface area contributed by atoms with Crippen molar-refractivity contribution in [1.29, 1.82) is 0 Å². The summed E-state index contributed by atoms with van der Waals surface area (Å²) in [5, 5.41) is 4.54. The Morgan fingerprint density at radius 3 is 2.40 bits per heavy atom. The summed E-state index contributed by atoms with van der Waals surface area (Å²) >= 11 is 3.42. The lowest BCUT2D eigenvalue weighted by molar-refractivity contribution is 0.619. The van der Waals surface area contributed by atoms with E-state index < -0.39 is 0 Å². The minimum atomic E-state index is 1.10. The van der Waals surface area contributed by atoms with Crippen molar-refractivity contribution in [2.45, 2.75) is 25.7 Å². The lowest BCUT2D eigenvalue weighted by atomic mass is 10.1. The molecule has 2 heteroatoms. The van der Waals surface area contributed by atoms with Crippen LogP contribution in [0.4, 0.5) is 0 Å². The minimum Gasteiger partial charge on any atom is -0.317 e. The van der Waals surface area contributed by atoms with Crippen LogP contribution in [0.3, 0.4) is 0 Å². The van der Waals surface area contributed by atoms with E-state index in [2.05, 4.69) is 51.6 Å². The highest BCUT2D eigenvalue weighted by Crippen LogP contribution is 2.03. The van der Waals surface area contributed by atoms with Crippen molar-refractivity contribution in [3.05, 3.63) is 35.9 Å². The van der Waals surface area contributed by atoms with E-state index in [0.717, 1.165) is 18.4 Å². The summed E-state index contributed by atoms with van der Waals surface area (Å²) in [7, 11) is 0. The van der Waals surface area contributed by atoms with Crippen molar-refractivity contribution in [1.82, 2.24) is 5.32 Å². The molecular weight excluding hydrogens is 250 g/mol. The fourth-order valence-corrected chi connectivity index (χ4v) is 1.82. The molecule has 0 aliphatic heterocycles. The third-order valence-corrected chi connectivity index (χ3v) is 2.96. The van der Waals surface area contributed by atoms with E-state index in [4.69, 9.17) is 0 Å². The second-order valence-corrected chi connectivity index (χ2v) is 4.53. The zero-order valence-corrected chi connectivity index (χ0v) is 10.8. The lowest BCUT2D eigenvalue weighted by Gasteiger charge is -2.03. The molecule has 0 aromatic heterocycles. The van der Waals surface area contributed by atoms with Gasteiger partial charge in [0, 0.05) is 5.33 Å². The Labute approximate surface area is 101 Å². The van der Waals surface area contributed by atoms with Gasteiger partial charge in [0.2, 0.25) is 0 Å². The maximum absolute atomic E-state index is 3.44. The molecule has 0 heterocycles. The summed E-state index contributed by atoms with van der Waals surface area (Å²) in [5.41, 5.74) is 1.46. The fourth-order valence-electron chi connectivity index (χ4n) is 1.54. The van der Waals surface area contributed by atoms with Crippen molar-refractivity contribution < 1.29 is 0 Å². The van der Waals surface area contributed by atoms with Crippen LogP contribution in [0.25, 0.3) is 0 Å². The van der Waals surface area contributed by atoms with E-state index in [9.17, 15) is 0 Å². The molecule has 0 atom stereocenters. The first-order valence-corrected chi connectivity index (χ1v) is 6.86. The van der Waals surface area contributed by atoms with Gasteiger partial charge in [-0.2, -0.15) is 0 Å². The monoisotopic (exact) mass is 269 g/mol. The predicted molar refractivity (Wildman–Crippen MR) is 70.7 cm³/mol. The van der Waals surface area contributed by atoms with Gasteiger partial charge in [-0.15, -0.1) is 0 Å². The third kappa shape index (κ3) is 6.69. The van der Waals surface area contributed by atoms with Gasteiger partial charge in [-0.3, -0.25) is 0 Å². The Kier molecular flexibility index (Phi) is 7.58. The highest BCUT2D eigenvalue weighted by molar-refractivity contribution is 9.09. The van der Waals surface area contributed by atoms with Crippen LogP contribution >= 0.6 is 15.9 Å². The van der Waals surface area contributed by atoms with Crippen molar-refractivity contribution in [3.8, 4) is 0 Å². The molecule has 0 aliphatic carbocycles. The number of benzene rings is 1. The Bertz CT molecular complexity index is 236. The van der Waals surface area contributed by atoms with E-state index in [0.29, 0.717) is 0 Å². The molecule has 0 saturated heterocycles. The molecule has 0 fully saturated rings. The smallest absolute Gasteiger partial charge is 0.00433 e. The van der Waals surface area contributed by atoms with Gasteiger partial charge in [0.05, 0.1) is 0 Å². The maximum atomic E-state index is 3.44. The van der Waals surface area contributed by atoms with Gasteiger partial charge in [0.15, 0.2) is 0 Å². The number of unbranched alkanes of at least 4 members (excludes halogenated alkanes) is 1. The van der Waals surface area contributed by atoms with E-state index in [1.165, 1.54) is 31.2 Å². The molecule has 1 N–H and O–H groups in total. The topological polar surface area (TPSA) is 12.0 Å². The van der Waals surface area contributed by atoms with Gasteiger partial charge < -0.3 is 5.32 Å². The number of aryl methyl sites for hydroxylation is 1. The van der Waals surface area contributed by atoms with E-state index >= 15 is 0 Å². The molecule has 0 amide bonds. The lowest BCUT2D eigenvalue weighted by Crippen LogP contribution is -2.16. The number of rotatable bonds is 8. The van der Waals surface area contributed by atoms with Crippen LogP contribution in [0.2, 0.25) is 0 Å². The zero-order chi connectivity index (χ0) is 10.8. The second kappa shape index (κ2) is 8.93. The zero-order valence-electron chi connectivity index (χ0n) is 9.21. The molecule has 0 saturated carbocycles. The minimum absolute atomic E-state index is 1.10. The fraction of sp³-hybridized carbons (Fsp3) is 0.538. The van der Waals surface area contributed by atoms with Crippen LogP contribution in [0, 0.1) is 0 Å². The summed E-state index contributed by atoms with van der Waals surface area (Å²) < 4.78 is 0. The van der Waals surface area contributed by atoms with E-state index in [-0.39, 0.29) is 0 Å². The van der Waals surface area contributed by atoms with Crippen LogP contribution in [0.5, 0.6) is 0 Å². The molecule has 1 aromatic carbocycles. The van der Waals surface area contributed by atoms with Crippen molar-refractivity contribution in [2.24, 2.45) is 0 Å². The van der Waals surface area contributed by atoms with Crippen LogP contribution in [-0.4, -0.2) is 18.4 Å². The molecular formula is C13H20BrN. The van der Waals surface area contributed by atoms with Gasteiger partial charge in [0.1, 0.15) is 0 Å². The van der Waals surface area contributed by atoms with Gasteiger partial charge in [-0.1, -0.05) is 46.3 Å². The first kappa shape index (κ1) is 12.7. The Morgan fingerprint density at radius 1 is 0.933 bits per heavy atom. The number of nitrogens with one attached hydrogen (secondary N) is 1. The molecule has 15 heavy (non-hydrogen) atoms. The van der Waals surface area contributed by atoms with Crippen molar-refractivity contribution >= 4 is 15.9 Å². The molecule has 0 unspecified atom stereocenters. The van der Waals surface area contributed by atoms with E-state index in [1.807, 2.05) is 0 Å². The average Bonchev–Trinajstić information content (AvgIpc) is 2.29. The molecule has 84 valence electrons. The Hall–Kier alpha value is -0.340. The molecule has 1 nitrogen and oxygen atoms in total. The molecule has 0 spiro atoms. The standard InChI is InChI=1S/C13H20BrN/c14-10-6-12-15-11-5-4-9-13-7-2-1-3-8-13/h1-3,7-8,15H,4-6,9-12H2. The maximum Gasteiger partial charge on any atom is 0.00433 e. The Balaban J connectivity index is 1.93. The highest BCUT2D eigenvalue weighted by atomic mass is 79.9. The predicted octanol–water partition coefficient (Wildman–Crippen LogP) is 3.38. The molecule has 1 aromatic rings. The SMILES string of the molecule is BrCCCNCCCCc1ccccc1. The first-order valence-electron chi connectivity index (χ1n) is 5.74. The normalized spacial score (nSPS) is 10.5. The van der Waals surface area contributed by atoms with Crippen molar-refractivity contribution in [2.75, 3.05) is 18.4 Å². The average molecular weight is 270 g/mol. The van der Waals surface area contributed by atoms with Crippen LogP contribution < -0.4 is 5.32 Å². The summed E-state index contributed by atoms with van der Waals surface area (Å²) in [6.45, 7) is 2.29. The van der Waals surface area contributed by atoms with Crippen LogP contribution in [0.1, 0.15) is 24.8 Å². The second-order valence-electron chi connectivity index (χ2n) is 3.74. The quantitative estimate of drug-likeness (QED) is 0.564. The summed E-state index contributed by atoms with van der Waals surface area (Å²) in [5.74, 6) is 0. The molecule has 0 radical (unpaired) electrons. The van der Waals surface area contributed by atoms with Gasteiger partial charge in [-0.25, -0.2) is 0 Å². The summed E-state index contributed by atoms with van der Waals surface area (Å²) in [4.78, 5) is 0. The van der Waals surface area contributed by atoms with Gasteiger partial charge in [0.25, 0.3) is 0 Å². The largest absolute Gasteiger partial charge is 0.317 e. The number of hydrogen-bond donors (Lipinski definition) is 1. The number of hydrogen-bond acceptors (Lipinski definition) is 1. The molecule has 1 rings (SSSR count). The first-order chi connectivity index (χ1) is 7.43. The highest BCUT2D eigenvalue weighted by Gasteiger charge is 1.92. The summed E-state index contributed by atoms with van der Waals surface area (Å²) in [6, 6.07) is 10.7. The number of halogens is 1. The van der Waals surface area contributed by atoms with Crippen LogP contribution in [-0.2, 0) is 6.42 Å². The third-order valence-electron chi connectivity index (χ3n) is 2.40. The van der Waals surface area contributed by atoms with Gasteiger partial charge >= 0.3 is 0 Å². The number of alkyl halides is 1.